The van der Waals surface area contributed by atoms with Crippen LogP contribution in [0.4, 0.5) is 5.69 Å². The van der Waals surface area contributed by atoms with Crippen LogP contribution in [0.25, 0.3) is 0 Å². The minimum absolute atomic E-state index is 0.124. The first kappa shape index (κ1) is 30.7. The fourth-order valence-corrected chi connectivity index (χ4v) is 7.64. The van der Waals surface area contributed by atoms with Crippen molar-refractivity contribution in [2.24, 2.45) is 11.8 Å². The van der Waals surface area contributed by atoms with Crippen molar-refractivity contribution >= 4 is 23.4 Å². The molecule has 3 heterocycles. The Morgan fingerprint density at radius 3 is 2.36 bits per heavy atom. The SMILES string of the molecule is CCCN(CCC)CCCN1C(=O)C2C(C(=O)Nc3ccc(C(C)C)cc3)C3C=CC2(O3)C1C(=O)NC1CCCCC1. The first-order valence-corrected chi connectivity index (χ1v) is 16.4. The molecule has 1 aliphatic carbocycles. The minimum Gasteiger partial charge on any atom is -0.359 e. The molecule has 2 bridgehead atoms. The fourth-order valence-electron chi connectivity index (χ4n) is 7.64. The Hall–Kier alpha value is -2.71. The molecule has 1 spiro atoms. The summed E-state index contributed by atoms with van der Waals surface area (Å²) in [5.74, 6) is -1.52. The topological polar surface area (TPSA) is 91.0 Å². The maximum atomic E-state index is 14.2. The summed E-state index contributed by atoms with van der Waals surface area (Å²) in [6, 6.07) is 7.22. The molecule has 4 aliphatic rings. The summed E-state index contributed by atoms with van der Waals surface area (Å²) in [5, 5.41) is 6.33. The van der Waals surface area contributed by atoms with E-state index in [2.05, 4.69) is 43.2 Å². The number of rotatable bonds is 13. The van der Waals surface area contributed by atoms with Crippen molar-refractivity contribution in [1.29, 1.82) is 0 Å². The number of hydrogen-bond donors (Lipinski definition) is 2. The van der Waals surface area contributed by atoms with Gasteiger partial charge in [-0.05, 0) is 75.4 Å². The molecule has 5 unspecified atom stereocenters. The van der Waals surface area contributed by atoms with Crippen molar-refractivity contribution in [2.75, 3.05) is 31.5 Å². The summed E-state index contributed by atoms with van der Waals surface area (Å²) >= 11 is 0. The number of carbonyl (C=O) groups is 3. The molecule has 3 aliphatic heterocycles. The van der Waals surface area contributed by atoms with Gasteiger partial charge < -0.3 is 25.2 Å². The van der Waals surface area contributed by atoms with Gasteiger partial charge in [0.15, 0.2) is 0 Å². The Morgan fingerprint density at radius 1 is 1.02 bits per heavy atom. The van der Waals surface area contributed by atoms with Crippen LogP contribution in [-0.4, -0.2) is 77.5 Å². The normalized spacial score (nSPS) is 28.6. The standard InChI is InChI=1S/C34H50N4O4/c1-5-19-37(20-6-2)21-10-22-38-30(32(40)36-25-11-8-7-9-12-25)34-18-17-27(42-34)28(29(34)33(38)41)31(39)35-26-15-13-24(14-16-26)23(3)4/h13-18,23,25,27-30H,5-12,19-22H2,1-4H3,(H,35,39)(H,36,40). The Labute approximate surface area is 251 Å². The lowest BCUT2D eigenvalue weighted by Crippen LogP contribution is -2.56. The van der Waals surface area contributed by atoms with E-state index in [0.29, 0.717) is 18.2 Å². The Balaban J connectivity index is 1.37. The van der Waals surface area contributed by atoms with E-state index in [9.17, 15) is 14.4 Å². The molecule has 5 rings (SSSR count). The van der Waals surface area contributed by atoms with E-state index in [1.165, 1.54) is 12.0 Å². The minimum atomic E-state index is -1.11. The van der Waals surface area contributed by atoms with Crippen LogP contribution < -0.4 is 10.6 Å². The van der Waals surface area contributed by atoms with Crippen molar-refractivity contribution in [3.05, 3.63) is 42.0 Å². The van der Waals surface area contributed by atoms with Crippen LogP contribution in [0.2, 0.25) is 0 Å². The highest BCUT2D eigenvalue weighted by Crippen LogP contribution is 2.55. The first-order valence-electron chi connectivity index (χ1n) is 16.4. The summed E-state index contributed by atoms with van der Waals surface area (Å²) in [7, 11) is 0. The molecule has 3 fully saturated rings. The number of benzene rings is 1. The third kappa shape index (κ3) is 6.02. The molecule has 0 radical (unpaired) electrons. The molecule has 2 N–H and O–H groups in total. The zero-order valence-corrected chi connectivity index (χ0v) is 25.9. The Morgan fingerprint density at radius 2 is 1.71 bits per heavy atom. The number of likely N-dealkylation sites (tertiary alicyclic amines) is 1. The maximum Gasteiger partial charge on any atom is 0.246 e. The van der Waals surface area contributed by atoms with Crippen LogP contribution >= 0.6 is 0 Å². The molecule has 230 valence electrons. The van der Waals surface area contributed by atoms with Crippen LogP contribution in [0, 0.1) is 11.8 Å². The van der Waals surface area contributed by atoms with Crippen molar-refractivity contribution in [3.63, 3.8) is 0 Å². The van der Waals surface area contributed by atoms with Gasteiger partial charge in [-0.1, -0.05) is 71.2 Å². The van der Waals surface area contributed by atoms with Gasteiger partial charge in [-0.15, -0.1) is 0 Å². The third-order valence-corrected chi connectivity index (χ3v) is 9.67. The zero-order valence-electron chi connectivity index (χ0n) is 25.9. The van der Waals surface area contributed by atoms with Gasteiger partial charge in [0.2, 0.25) is 17.7 Å². The second kappa shape index (κ2) is 13.3. The molecule has 3 amide bonds. The van der Waals surface area contributed by atoms with Crippen LogP contribution in [0.15, 0.2) is 36.4 Å². The zero-order chi connectivity index (χ0) is 29.9. The molecule has 42 heavy (non-hydrogen) atoms. The summed E-state index contributed by atoms with van der Waals surface area (Å²) in [5.41, 5.74) is 0.783. The molecule has 1 aromatic carbocycles. The summed E-state index contributed by atoms with van der Waals surface area (Å²) in [6.45, 7) is 12.0. The molecular weight excluding hydrogens is 528 g/mol. The van der Waals surface area contributed by atoms with E-state index >= 15 is 0 Å². The summed E-state index contributed by atoms with van der Waals surface area (Å²) < 4.78 is 6.53. The van der Waals surface area contributed by atoms with Gasteiger partial charge in [0.1, 0.15) is 11.6 Å². The van der Waals surface area contributed by atoms with Crippen molar-refractivity contribution in [2.45, 2.75) is 109 Å². The lowest BCUT2D eigenvalue weighted by Gasteiger charge is -2.34. The largest absolute Gasteiger partial charge is 0.359 e. The molecule has 2 saturated heterocycles. The van der Waals surface area contributed by atoms with Crippen LogP contribution in [0.5, 0.6) is 0 Å². The van der Waals surface area contributed by atoms with E-state index in [1.807, 2.05) is 36.4 Å². The molecular formula is C34H50N4O4. The van der Waals surface area contributed by atoms with Crippen LogP contribution in [-0.2, 0) is 19.1 Å². The molecule has 8 heteroatoms. The molecule has 1 aromatic rings. The molecule has 8 nitrogen and oxygen atoms in total. The Kier molecular flexibility index (Phi) is 9.73. The van der Waals surface area contributed by atoms with E-state index in [1.54, 1.807) is 4.90 Å². The number of carbonyl (C=O) groups excluding carboxylic acids is 3. The predicted molar refractivity (Wildman–Crippen MR) is 165 cm³/mol. The van der Waals surface area contributed by atoms with Gasteiger partial charge >= 0.3 is 0 Å². The second-order valence-corrected chi connectivity index (χ2v) is 13.0. The number of nitrogens with zero attached hydrogens (tertiary/aromatic N) is 2. The Bertz CT molecular complexity index is 1140. The number of fused-ring (bicyclic) bond motifs is 1. The van der Waals surface area contributed by atoms with Crippen LogP contribution in [0.1, 0.15) is 90.5 Å². The lowest BCUT2D eigenvalue weighted by molar-refractivity contribution is -0.141. The van der Waals surface area contributed by atoms with E-state index in [0.717, 1.165) is 64.6 Å². The molecule has 5 atom stereocenters. The number of amides is 3. The number of anilines is 1. The summed E-state index contributed by atoms with van der Waals surface area (Å²) in [6.07, 6.45) is 11.6. The van der Waals surface area contributed by atoms with Gasteiger partial charge in [-0.3, -0.25) is 14.4 Å². The van der Waals surface area contributed by atoms with E-state index in [-0.39, 0.29) is 23.8 Å². The van der Waals surface area contributed by atoms with Gasteiger partial charge in [-0.2, -0.15) is 0 Å². The highest BCUT2D eigenvalue weighted by Gasteiger charge is 2.72. The fraction of sp³-hybridized carbons (Fsp3) is 0.676. The maximum absolute atomic E-state index is 14.2. The lowest BCUT2D eigenvalue weighted by atomic mass is 9.74. The number of nitrogens with one attached hydrogen (secondary N) is 2. The number of ether oxygens (including phenoxy) is 1. The van der Waals surface area contributed by atoms with Gasteiger partial charge in [0.25, 0.3) is 0 Å². The average molecular weight is 579 g/mol. The quantitative estimate of drug-likeness (QED) is 0.326. The van der Waals surface area contributed by atoms with Crippen molar-refractivity contribution in [1.82, 2.24) is 15.1 Å². The monoisotopic (exact) mass is 578 g/mol. The van der Waals surface area contributed by atoms with E-state index in [4.69, 9.17) is 4.74 Å². The van der Waals surface area contributed by atoms with Gasteiger partial charge in [-0.25, -0.2) is 0 Å². The smallest absolute Gasteiger partial charge is 0.246 e. The van der Waals surface area contributed by atoms with Gasteiger partial charge in [0.05, 0.1) is 17.9 Å². The summed E-state index contributed by atoms with van der Waals surface area (Å²) in [4.78, 5) is 46.2. The third-order valence-electron chi connectivity index (χ3n) is 9.67. The number of hydrogen-bond acceptors (Lipinski definition) is 5. The van der Waals surface area contributed by atoms with Gasteiger partial charge in [0, 0.05) is 18.3 Å². The second-order valence-electron chi connectivity index (χ2n) is 13.0. The van der Waals surface area contributed by atoms with Crippen LogP contribution in [0.3, 0.4) is 0 Å². The average Bonchev–Trinajstić information content (AvgIpc) is 3.61. The molecule has 0 aromatic heterocycles. The highest BCUT2D eigenvalue weighted by atomic mass is 16.5. The molecule has 1 saturated carbocycles. The van der Waals surface area contributed by atoms with E-state index < -0.39 is 29.6 Å². The highest BCUT2D eigenvalue weighted by molar-refractivity contribution is 6.02. The van der Waals surface area contributed by atoms with Crippen molar-refractivity contribution < 1.29 is 19.1 Å². The van der Waals surface area contributed by atoms with Crippen molar-refractivity contribution in [3.8, 4) is 0 Å². The first-order chi connectivity index (χ1) is 20.3. The predicted octanol–water partition coefficient (Wildman–Crippen LogP) is 4.86.